The molecule has 1 aromatic rings. The van der Waals surface area contributed by atoms with E-state index in [4.69, 9.17) is 10.5 Å². The van der Waals surface area contributed by atoms with Crippen molar-refractivity contribution in [2.24, 2.45) is 34.8 Å². The first-order valence-electron chi connectivity index (χ1n) is 12.2. The van der Waals surface area contributed by atoms with E-state index in [1.807, 2.05) is 6.92 Å². The van der Waals surface area contributed by atoms with E-state index in [9.17, 15) is 34.2 Å². The summed E-state index contributed by atoms with van der Waals surface area (Å²) in [5.74, 6) is -10.6. The third-order valence-electron chi connectivity index (χ3n) is 8.88. The topological polar surface area (TPSA) is 164 Å². The molecule has 36 heavy (non-hydrogen) atoms. The maximum Gasteiger partial charge on any atom is 0.235 e. The number of ketones is 4. The van der Waals surface area contributed by atoms with Gasteiger partial charge in [-0.3, -0.25) is 28.9 Å². The molecule has 1 saturated heterocycles. The van der Waals surface area contributed by atoms with Gasteiger partial charge in [-0.05, 0) is 37.0 Å². The minimum atomic E-state index is -2.70. The van der Waals surface area contributed by atoms with E-state index in [-0.39, 0.29) is 24.2 Å². The van der Waals surface area contributed by atoms with Crippen LogP contribution in [0.25, 0.3) is 0 Å². The third-order valence-corrected chi connectivity index (χ3v) is 8.88. The highest BCUT2D eigenvalue weighted by atomic mass is 16.5. The summed E-state index contributed by atoms with van der Waals surface area (Å²) in [4.78, 5) is 68.6. The van der Waals surface area contributed by atoms with E-state index in [1.165, 1.54) is 13.0 Å². The molecule has 1 aliphatic heterocycles. The Morgan fingerprint density at radius 2 is 1.83 bits per heavy atom. The van der Waals surface area contributed by atoms with Crippen molar-refractivity contribution < 1.29 is 38.9 Å². The number of rotatable bonds is 3. The highest BCUT2D eigenvalue weighted by Gasteiger charge is 2.71. The number of Topliss-reactive ketones (excluding diaryl/α,β-unsaturated/α-hetero) is 4. The SMILES string of the molecule is Cc1ccc(O)c2c1CC1(CN3CCOCC3)CC3C(C)C(=O)C(C(N)=O)C(=O)C3(O)C(=O)C1C2=O. The van der Waals surface area contributed by atoms with Crippen LogP contribution in [-0.2, 0) is 30.3 Å². The van der Waals surface area contributed by atoms with Crippen molar-refractivity contribution in [2.45, 2.75) is 32.3 Å². The molecule has 4 aliphatic rings. The summed E-state index contributed by atoms with van der Waals surface area (Å²) in [6.07, 6.45) is 0.296. The van der Waals surface area contributed by atoms with E-state index in [2.05, 4.69) is 4.90 Å². The Bertz CT molecular complexity index is 1200. The lowest BCUT2D eigenvalue weighted by molar-refractivity contribution is -0.186. The largest absolute Gasteiger partial charge is 0.507 e. The Balaban J connectivity index is 1.70. The maximum atomic E-state index is 14.1. The molecule has 2 saturated carbocycles. The number of carbonyl (C=O) groups is 5. The smallest absolute Gasteiger partial charge is 0.235 e. The molecule has 0 spiro atoms. The number of aromatic hydroxyl groups is 1. The lowest BCUT2D eigenvalue weighted by Gasteiger charge is -2.57. The van der Waals surface area contributed by atoms with Crippen LogP contribution >= 0.6 is 0 Å². The van der Waals surface area contributed by atoms with Gasteiger partial charge in [0.2, 0.25) is 5.91 Å². The summed E-state index contributed by atoms with van der Waals surface area (Å²) >= 11 is 0. The molecule has 5 rings (SSSR count). The molecule has 1 amide bonds. The van der Waals surface area contributed by atoms with Gasteiger partial charge in [0.05, 0.1) is 24.7 Å². The summed E-state index contributed by atoms with van der Waals surface area (Å²) in [6, 6.07) is 3.10. The summed E-state index contributed by atoms with van der Waals surface area (Å²) in [7, 11) is 0. The number of aryl methyl sites for hydroxylation is 1. The highest BCUT2D eigenvalue weighted by Crippen LogP contribution is 2.57. The van der Waals surface area contributed by atoms with Gasteiger partial charge < -0.3 is 20.7 Å². The zero-order valence-electron chi connectivity index (χ0n) is 20.3. The number of phenolic OH excluding ortho intramolecular Hbond substituents is 1. The number of ether oxygens (including phenoxy) is 1. The van der Waals surface area contributed by atoms with E-state index in [0.717, 1.165) is 5.56 Å². The first-order valence-corrected chi connectivity index (χ1v) is 12.2. The van der Waals surface area contributed by atoms with Crippen molar-refractivity contribution in [1.29, 1.82) is 0 Å². The van der Waals surface area contributed by atoms with Crippen LogP contribution in [0.3, 0.4) is 0 Å². The van der Waals surface area contributed by atoms with Crippen molar-refractivity contribution in [3.8, 4) is 5.75 Å². The van der Waals surface area contributed by atoms with Crippen LogP contribution in [0, 0.1) is 36.0 Å². The summed E-state index contributed by atoms with van der Waals surface area (Å²) in [6.45, 7) is 5.76. The van der Waals surface area contributed by atoms with E-state index >= 15 is 0 Å². The van der Waals surface area contributed by atoms with Gasteiger partial charge in [0.1, 0.15) is 5.75 Å². The normalized spacial score (nSPS) is 36.8. The molecule has 10 heteroatoms. The molecule has 1 aromatic carbocycles. The Kier molecular flexibility index (Phi) is 5.70. The fourth-order valence-corrected chi connectivity index (χ4v) is 7.03. The molecule has 1 heterocycles. The standard InChI is InChI=1S/C26H30N2O8/c1-12-3-4-16(29)17-14(12)9-25(11-28-5-7-36-8-6-28)10-15-13(2)20(30)18(24(27)34)22(32)26(15,35)23(33)19(25)21(17)31/h3-4,13,15,18-19,29,35H,5-11H2,1-2H3,(H2,27,34). The van der Waals surface area contributed by atoms with Crippen LogP contribution < -0.4 is 5.73 Å². The zero-order valence-corrected chi connectivity index (χ0v) is 20.3. The van der Waals surface area contributed by atoms with Gasteiger partial charge in [0, 0.05) is 36.9 Å². The number of nitrogens with two attached hydrogens (primary N) is 1. The molecule has 3 aliphatic carbocycles. The van der Waals surface area contributed by atoms with E-state index in [0.29, 0.717) is 38.4 Å². The van der Waals surface area contributed by atoms with Crippen molar-refractivity contribution in [3.63, 3.8) is 0 Å². The highest BCUT2D eigenvalue weighted by molar-refractivity contribution is 6.32. The van der Waals surface area contributed by atoms with Crippen LogP contribution in [0.15, 0.2) is 12.1 Å². The summed E-state index contributed by atoms with van der Waals surface area (Å²) in [5, 5.41) is 22.3. The van der Waals surface area contributed by atoms with Crippen molar-refractivity contribution in [2.75, 3.05) is 32.8 Å². The van der Waals surface area contributed by atoms with Crippen LogP contribution in [-0.4, -0.2) is 82.6 Å². The molecule has 0 aromatic heterocycles. The van der Waals surface area contributed by atoms with Gasteiger partial charge in [-0.1, -0.05) is 13.0 Å². The molecular formula is C26H30N2O8. The van der Waals surface area contributed by atoms with Crippen molar-refractivity contribution in [3.05, 3.63) is 28.8 Å². The fraction of sp³-hybridized carbons (Fsp3) is 0.577. The Morgan fingerprint density at radius 3 is 2.47 bits per heavy atom. The van der Waals surface area contributed by atoms with Gasteiger partial charge >= 0.3 is 0 Å². The predicted molar refractivity (Wildman–Crippen MR) is 124 cm³/mol. The number of primary amides is 1. The van der Waals surface area contributed by atoms with E-state index in [1.54, 1.807) is 6.07 Å². The fourth-order valence-electron chi connectivity index (χ4n) is 7.03. The monoisotopic (exact) mass is 498 g/mol. The molecule has 0 radical (unpaired) electrons. The average molecular weight is 499 g/mol. The second-order valence-electron chi connectivity index (χ2n) is 10.8. The van der Waals surface area contributed by atoms with Crippen LogP contribution in [0.1, 0.15) is 34.8 Å². The number of carbonyl (C=O) groups excluding carboxylic acids is 5. The number of hydrogen-bond donors (Lipinski definition) is 3. The lowest BCUT2D eigenvalue weighted by atomic mass is 9.46. The number of amides is 1. The zero-order chi connectivity index (χ0) is 26.2. The number of benzene rings is 1. The van der Waals surface area contributed by atoms with Crippen molar-refractivity contribution in [1.82, 2.24) is 4.90 Å². The number of phenols is 1. The Morgan fingerprint density at radius 1 is 1.17 bits per heavy atom. The van der Waals surface area contributed by atoms with Crippen LogP contribution in [0.4, 0.5) is 0 Å². The number of hydrogen-bond acceptors (Lipinski definition) is 9. The molecule has 3 fully saturated rings. The number of nitrogens with zero attached hydrogens (tertiary/aromatic N) is 1. The van der Waals surface area contributed by atoms with Gasteiger partial charge in [-0.2, -0.15) is 0 Å². The third kappa shape index (κ3) is 3.24. The van der Waals surface area contributed by atoms with E-state index < -0.39 is 63.7 Å². The number of morpholine rings is 1. The van der Waals surface area contributed by atoms with Crippen LogP contribution in [0.2, 0.25) is 0 Å². The first kappa shape index (κ1) is 24.7. The Hall–Kier alpha value is -2.95. The second-order valence-corrected chi connectivity index (χ2v) is 10.8. The number of fused-ring (bicyclic) bond motifs is 3. The minimum Gasteiger partial charge on any atom is -0.507 e. The van der Waals surface area contributed by atoms with Gasteiger partial charge in [-0.25, -0.2) is 0 Å². The first-order chi connectivity index (χ1) is 16.9. The molecule has 0 bridgehead atoms. The predicted octanol–water partition coefficient (Wildman–Crippen LogP) is -0.416. The van der Waals surface area contributed by atoms with Gasteiger partial charge in [0.15, 0.2) is 34.7 Å². The quantitative estimate of drug-likeness (QED) is 0.470. The molecule has 192 valence electrons. The summed E-state index contributed by atoms with van der Waals surface area (Å²) < 4.78 is 5.46. The molecule has 6 atom stereocenters. The molecule has 4 N–H and O–H groups in total. The Labute approximate surface area is 207 Å². The molecular weight excluding hydrogens is 468 g/mol. The molecule has 6 unspecified atom stereocenters. The lowest BCUT2D eigenvalue weighted by Crippen LogP contribution is -2.73. The van der Waals surface area contributed by atoms with Gasteiger partial charge in [-0.15, -0.1) is 0 Å². The minimum absolute atomic E-state index is 0.0202. The summed E-state index contributed by atoms with van der Waals surface area (Å²) in [5.41, 5.74) is 3.03. The second kappa shape index (κ2) is 8.29. The maximum absolute atomic E-state index is 14.1. The van der Waals surface area contributed by atoms with Crippen LogP contribution in [0.5, 0.6) is 5.75 Å². The molecule has 10 nitrogen and oxygen atoms in total. The van der Waals surface area contributed by atoms with Gasteiger partial charge in [0.25, 0.3) is 0 Å². The van der Waals surface area contributed by atoms with Crippen molar-refractivity contribution >= 4 is 29.0 Å². The average Bonchev–Trinajstić information content (AvgIpc) is 2.82. The number of aliphatic hydroxyl groups is 1.